The van der Waals surface area contributed by atoms with Gasteiger partial charge in [0.25, 0.3) is 0 Å². The van der Waals surface area contributed by atoms with E-state index in [0.29, 0.717) is 19.3 Å². The lowest BCUT2D eigenvalue weighted by Crippen LogP contribution is -2.21. The summed E-state index contributed by atoms with van der Waals surface area (Å²) in [4.78, 5) is 0. The quantitative estimate of drug-likeness (QED) is 0.690. The molecule has 2 aromatic rings. The van der Waals surface area contributed by atoms with Crippen LogP contribution >= 0.6 is 24.0 Å². The summed E-state index contributed by atoms with van der Waals surface area (Å²) >= 11 is 5.90. The molecule has 24 heavy (non-hydrogen) atoms. The number of hydrogen-bond donors (Lipinski definition) is 1. The largest absolute Gasteiger partial charge is 0.490 e. The van der Waals surface area contributed by atoms with Crippen molar-refractivity contribution in [2.45, 2.75) is 40.0 Å². The second kappa shape index (κ2) is 10.4. The Morgan fingerprint density at radius 2 is 1.62 bits per heavy atom. The summed E-state index contributed by atoms with van der Waals surface area (Å²) < 4.78 is 11.6. The Morgan fingerprint density at radius 1 is 0.958 bits per heavy atom. The molecule has 3 nitrogen and oxygen atoms in total. The Balaban J connectivity index is 0.00000288. The maximum absolute atomic E-state index is 5.91. The van der Waals surface area contributed by atoms with Crippen molar-refractivity contribution in [3.8, 4) is 11.5 Å². The molecule has 2 aromatic carbocycles. The fourth-order valence-corrected chi connectivity index (χ4v) is 2.24. The molecule has 0 aromatic heterocycles. The van der Waals surface area contributed by atoms with Gasteiger partial charge in [-0.05, 0) is 42.3 Å². The molecule has 1 N–H and O–H groups in total. The molecule has 0 amide bonds. The number of rotatable bonds is 8. The molecule has 0 bridgehead atoms. The van der Waals surface area contributed by atoms with Crippen LogP contribution < -0.4 is 14.8 Å². The first kappa shape index (κ1) is 20.6. The van der Waals surface area contributed by atoms with Gasteiger partial charge in [0.2, 0.25) is 0 Å². The van der Waals surface area contributed by atoms with Crippen LogP contribution in [0.3, 0.4) is 0 Å². The van der Waals surface area contributed by atoms with Crippen LogP contribution in [0.25, 0.3) is 0 Å². The first-order chi connectivity index (χ1) is 11.1. The van der Waals surface area contributed by atoms with Gasteiger partial charge in [0.05, 0.1) is 6.61 Å². The van der Waals surface area contributed by atoms with Gasteiger partial charge in [-0.3, -0.25) is 0 Å². The standard InChI is InChI=1S/C19H24ClNO2.ClH/c1-4-22-19-11-16(12-21-14(2)3)7-10-18(19)23-13-15-5-8-17(20)9-6-15;/h5-11,14,21H,4,12-13H2,1-3H3;1H. The third kappa shape index (κ3) is 6.60. The van der Waals surface area contributed by atoms with Gasteiger partial charge in [-0.1, -0.05) is 43.6 Å². The van der Waals surface area contributed by atoms with Gasteiger partial charge in [0.15, 0.2) is 11.5 Å². The Labute approximate surface area is 155 Å². The van der Waals surface area contributed by atoms with E-state index >= 15 is 0 Å². The lowest BCUT2D eigenvalue weighted by Gasteiger charge is -2.14. The Morgan fingerprint density at radius 3 is 2.25 bits per heavy atom. The van der Waals surface area contributed by atoms with Gasteiger partial charge in [-0.25, -0.2) is 0 Å². The zero-order valence-corrected chi connectivity index (χ0v) is 15.9. The normalized spacial score (nSPS) is 10.4. The predicted octanol–water partition coefficient (Wildman–Crippen LogP) is 5.24. The molecular weight excluding hydrogens is 345 g/mol. The first-order valence-corrected chi connectivity index (χ1v) is 8.32. The third-order valence-electron chi connectivity index (χ3n) is 3.33. The van der Waals surface area contributed by atoms with Crippen LogP contribution in [0.5, 0.6) is 11.5 Å². The second-order valence-corrected chi connectivity index (χ2v) is 6.10. The van der Waals surface area contributed by atoms with Crippen molar-refractivity contribution in [3.63, 3.8) is 0 Å². The van der Waals surface area contributed by atoms with Crippen LogP contribution in [0.1, 0.15) is 31.9 Å². The van der Waals surface area contributed by atoms with E-state index in [1.807, 2.05) is 43.3 Å². The molecule has 0 radical (unpaired) electrons. The molecule has 0 unspecified atom stereocenters. The molecule has 0 aliphatic carbocycles. The van der Waals surface area contributed by atoms with Gasteiger partial charge in [0.1, 0.15) is 6.61 Å². The summed E-state index contributed by atoms with van der Waals surface area (Å²) in [5.41, 5.74) is 2.25. The molecule has 0 spiro atoms. The number of nitrogens with one attached hydrogen (secondary N) is 1. The van der Waals surface area contributed by atoms with Crippen LogP contribution in [-0.2, 0) is 13.2 Å². The maximum Gasteiger partial charge on any atom is 0.161 e. The average molecular weight is 370 g/mol. The fraction of sp³-hybridized carbons (Fsp3) is 0.368. The Kier molecular flexibility index (Phi) is 8.98. The molecule has 0 saturated carbocycles. The van der Waals surface area contributed by atoms with E-state index in [9.17, 15) is 0 Å². The van der Waals surface area contributed by atoms with Crippen molar-refractivity contribution >= 4 is 24.0 Å². The van der Waals surface area contributed by atoms with Crippen LogP contribution in [0, 0.1) is 0 Å². The summed E-state index contributed by atoms with van der Waals surface area (Å²) in [5.74, 6) is 1.54. The molecule has 0 heterocycles. The Hall–Kier alpha value is -1.42. The molecule has 0 fully saturated rings. The van der Waals surface area contributed by atoms with Crippen LogP contribution in [0.15, 0.2) is 42.5 Å². The molecular formula is C19H25Cl2NO2. The lowest BCUT2D eigenvalue weighted by atomic mass is 10.2. The SMILES string of the molecule is CCOc1cc(CNC(C)C)ccc1OCc1ccc(Cl)cc1.Cl. The zero-order valence-electron chi connectivity index (χ0n) is 14.3. The number of benzene rings is 2. The van der Waals surface area contributed by atoms with Crippen molar-refractivity contribution in [3.05, 3.63) is 58.6 Å². The van der Waals surface area contributed by atoms with E-state index in [-0.39, 0.29) is 12.4 Å². The summed E-state index contributed by atoms with van der Waals surface area (Å²) in [6.45, 7) is 8.15. The van der Waals surface area contributed by atoms with Crippen LogP contribution in [0.4, 0.5) is 0 Å². The average Bonchev–Trinajstić information content (AvgIpc) is 2.54. The second-order valence-electron chi connectivity index (χ2n) is 5.66. The number of halogens is 2. The molecule has 132 valence electrons. The van der Waals surface area contributed by atoms with Crippen molar-refractivity contribution in [2.24, 2.45) is 0 Å². The minimum Gasteiger partial charge on any atom is -0.490 e. The van der Waals surface area contributed by atoms with Gasteiger partial charge in [-0.15, -0.1) is 12.4 Å². The van der Waals surface area contributed by atoms with E-state index < -0.39 is 0 Å². The van der Waals surface area contributed by atoms with Gasteiger partial charge < -0.3 is 14.8 Å². The number of ether oxygens (including phenoxy) is 2. The summed E-state index contributed by atoms with van der Waals surface area (Å²) in [5, 5.41) is 4.13. The van der Waals surface area contributed by atoms with Crippen molar-refractivity contribution in [1.29, 1.82) is 0 Å². The molecule has 5 heteroatoms. The highest BCUT2D eigenvalue weighted by molar-refractivity contribution is 6.30. The van der Waals surface area contributed by atoms with Crippen molar-refractivity contribution in [1.82, 2.24) is 5.32 Å². The highest BCUT2D eigenvalue weighted by atomic mass is 35.5. The fourth-order valence-electron chi connectivity index (χ4n) is 2.11. The number of hydrogen-bond acceptors (Lipinski definition) is 3. The van der Waals surface area contributed by atoms with Gasteiger partial charge in [-0.2, -0.15) is 0 Å². The van der Waals surface area contributed by atoms with E-state index in [4.69, 9.17) is 21.1 Å². The molecule has 2 rings (SSSR count). The summed E-state index contributed by atoms with van der Waals surface area (Å²) in [7, 11) is 0. The predicted molar refractivity (Wildman–Crippen MR) is 103 cm³/mol. The first-order valence-electron chi connectivity index (χ1n) is 7.95. The van der Waals surface area contributed by atoms with E-state index in [1.54, 1.807) is 0 Å². The van der Waals surface area contributed by atoms with Crippen LogP contribution in [0.2, 0.25) is 5.02 Å². The van der Waals surface area contributed by atoms with E-state index in [0.717, 1.165) is 28.6 Å². The Bertz CT molecular complexity index is 615. The maximum atomic E-state index is 5.91. The third-order valence-corrected chi connectivity index (χ3v) is 3.58. The van der Waals surface area contributed by atoms with E-state index in [1.165, 1.54) is 5.56 Å². The summed E-state index contributed by atoms with van der Waals surface area (Å²) in [6, 6.07) is 14.2. The molecule has 0 aliphatic rings. The molecule has 0 aliphatic heterocycles. The lowest BCUT2D eigenvalue weighted by molar-refractivity contribution is 0.269. The topological polar surface area (TPSA) is 30.5 Å². The van der Waals surface area contributed by atoms with Gasteiger partial charge >= 0.3 is 0 Å². The smallest absolute Gasteiger partial charge is 0.161 e. The van der Waals surface area contributed by atoms with Gasteiger partial charge in [0, 0.05) is 17.6 Å². The molecule has 0 atom stereocenters. The van der Waals surface area contributed by atoms with Crippen LogP contribution in [-0.4, -0.2) is 12.6 Å². The summed E-state index contributed by atoms with van der Waals surface area (Å²) in [6.07, 6.45) is 0. The van der Waals surface area contributed by atoms with Crippen molar-refractivity contribution < 1.29 is 9.47 Å². The highest BCUT2D eigenvalue weighted by Gasteiger charge is 2.07. The monoisotopic (exact) mass is 369 g/mol. The molecule has 0 saturated heterocycles. The van der Waals surface area contributed by atoms with E-state index in [2.05, 4.69) is 25.2 Å². The highest BCUT2D eigenvalue weighted by Crippen LogP contribution is 2.29. The van der Waals surface area contributed by atoms with Crippen molar-refractivity contribution in [2.75, 3.05) is 6.61 Å². The minimum atomic E-state index is 0. The zero-order chi connectivity index (χ0) is 16.7. The minimum absolute atomic E-state index is 0.